The molecule has 0 aromatic rings. The molecule has 4 heteroatoms. The molecule has 17 heavy (non-hydrogen) atoms. The first-order chi connectivity index (χ1) is 7.88. The summed E-state index contributed by atoms with van der Waals surface area (Å²) in [4.78, 5) is 14.1. The maximum Gasteiger partial charge on any atom is 0.410 e. The number of likely N-dealkylation sites (tertiary alicyclic amines) is 1. The third kappa shape index (κ3) is 2.57. The first kappa shape index (κ1) is 12.7. The summed E-state index contributed by atoms with van der Waals surface area (Å²) < 4.78 is 5.48. The molecule has 1 saturated heterocycles. The molecule has 1 heterocycles. The summed E-state index contributed by atoms with van der Waals surface area (Å²) in [5, 5.41) is 3.39. The van der Waals surface area contributed by atoms with Crippen LogP contribution >= 0.6 is 0 Å². The molecule has 1 aliphatic carbocycles. The molecule has 4 nitrogen and oxygen atoms in total. The van der Waals surface area contributed by atoms with Crippen molar-refractivity contribution in [1.29, 1.82) is 0 Å². The molecule has 98 valence electrons. The van der Waals surface area contributed by atoms with E-state index < -0.39 is 5.60 Å². The van der Waals surface area contributed by atoms with E-state index in [2.05, 4.69) is 5.32 Å². The highest BCUT2D eigenvalue weighted by Gasteiger charge is 2.53. The van der Waals surface area contributed by atoms with Crippen LogP contribution in [-0.4, -0.2) is 41.8 Å². The summed E-state index contributed by atoms with van der Waals surface area (Å²) >= 11 is 0. The Bertz CT molecular complexity index is 305. The Morgan fingerprint density at radius 3 is 2.53 bits per heavy atom. The highest BCUT2D eigenvalue weighted by Crippen LogP contribution is 2.44. The number of carbonyl (C=O) groups excluding carboxylic acids is 1. The van der Waals surface area contributed by atoms with Crippen LogP contribution in [0, 0.1) is 0 Å². The van der Waals surface area contributed by atoms with Gasteiger partial charge in [-0.15, -0.1) is 0 Å². The molecular formula is C13H24N2O2. The Kier molecular flexibility index (Phi) is 3.10. The zero-order valence-electron chi connectivity index (χ0n) is 11.4. The minimum absolute atomic E-state index is 0.151. The van der Waals surface area contributed by atoms with Gasteiger partial charge in [-0.05, 0) is 53.5 Å². The number of nitrogens with one attached hydrogen (secondary N) is 1. The summed E-state index contributed by atoms with van der Waals surface area (Å²) in [6, 6.07) is 0.322. The van der Waals surface area contributed by atoms with E-state index in [0.717, 1.165) is 19.4 Å². The number of nitrogens with zero attached hydrogens (tertiary/aromatic N) is 1. The third-order valence-electron chi connectivity index (χ3n) is 3.81. The van der Waals surface area contributed by atoms with E-state index in [1.165, 1.54) is 12.8 Å². The first-order valence-electron chi connectivity index (χ1n) is 6.56. The third-order valence-corrected chi connectivity index (χ3v) is 3.81. The second-order valence-electron chi connectivity index (χ2n) is 6.24. The van der Waals surface area contributed by atoms with Gasteiger partial charge in [-0.2, -0.15) is 0 Å². The van der Waals surface area contributed by atoms with Crippen LogP contribution in [0.15, 0.2) is 0 Å². The fraction of sp³-hybridized carbons (Fsp3) is 0.923. The first-order valence-corrected chi connectivity index (χ1v) is 6.56. The molecule has 0 spiro atoms. The number of rotatable bonds is 2. The van der Waals surface area contributed by atoms with Crippen LogP contribution < -0.4 is 5.32 Å². The van der Waals surface area contributed by atoms with Crippen molar-refractivity contribution >= 4 is 6.09 Å². The molecule has 0 aromatic carbocycles. The molecule has 1 N–H and O–H groups in total. The fourth-order valence-corrected chi connectivity index (χ4v) is 2.76. The molecule has 1 amide bonds. The molecule has 1 atom stereocenters. The van der Waals surface area contributed by atoms with Crippen molar-refractivity contribution in [2.45, 2.75) is 63.6 Å². The Balaban J connectivity index is 2.02. The largest absolute Gasteiger partial charge is 0.444 e. The van der Waals surface area contributed by atoms with E-state index in [0.29, 0.717) is 6.04 Å². The predicted molar refractivity (Wildman–Crippen MR) is 67.0 cm³/mol. The van der Waals surface area contributed by atoms with E-state index >= 15 is 0 Å². The van der Waals surface area contributed by atoms with E-state index in [9.17, 15) is 4.79 Å². The van der Waals surface area contributed by atoms with Gasteiger partial charge in [0.1, 0.15) is 5.60 Å². The van der Waals surface area contributed by atoms with E-state index in [1.807, 2.05) is 32.7 Å². The molecule has 1 unspecified atom stereocenters. The van der Waals surface area contributed by atoms with Crippen LogP contribution in [0.1, 0.15) is 46.5 Å². The molecule has 1 saturated carbocycles. The average Bonchev–Trinajstić information content (AvgIpc) is 2.85. The van der Waals surface area contributed by atoms with Crippen LogP contribution in [0.25, 0.3) is 0 Å². The second kappa shape index (κ2) is 4.16. The summed E-state index contributed by atoms with van der Waals surface area (Å²) in [6.07, 6.45) is 4.38. The van der Waals surface area contributed by atoms with Crippen molar-refractivity contribution in [3.63, 3.8) is 0 Å². The van der Waals surface area contributed by atoms with Gasteiger partial charge in [-0.1, -0.05) is 0 Å². The summed E-state index contributed by atoms with van der Waals surface area (Å²) in [6.45, 7) is 6.59. The maximum absolute atomic E-state index is 12.1. The Morgan fingerprint density at radius 1 is 1.41 bits per heavy atom. The summed E-state index contributed by atoms with van der Waals surface area (Å²) in [5.74, 6) is 0. The number of amides is 1. The summed E-state index contributed by atoms with van der Waals surface area (Å²) in [5.41, 5.74) is -0.228. The highest BCUT2D eigenvalue weighted by atomic mass is 16.6. The van der Waals surface area contributed by atoms with Crippen LogP contribution in [0.4, 0.5) is 4.79 Å². The van der Waals surface area contributed by atoms with Crippen LogP contribution in [0.3, 0.4) is 0 Å². The number of likely N-dealkylation sites (N-methyl/N-ethyl adjacent to an activating group) is 1. The summed E-state index contributed by atoms with van der Waals surface area (Å²) in [7, 11) is 2.00. The molecule has 0 bridgehead atoms. The van der Waals surface area contributed by atoms with Crippen molar-refractivity contribution in [3.8, 4) is 0 Å². The standard InChI is InChI=1S/C13H24N2O2/c1-12(2,3)17-11(16)15-9-5-6-10(15)13(14-4)7-8-13/h10,14H,5-9H2,1-4H3. The normalized spacial score (nSPS) is 27.1. The molecule has 0 radical (unpaired) electrons. The van der Waals surface area contributed by atoms with E-state index in [-0.39, 0.29) is 11.6 Å². The van der Waals surface area contributed by atoms with E-state index in [4.69, 9.17) is 4.74 Å². The number of ether oxygens (including phenoxy) is 1. The lowest BCUT2D eigenvalue weighted by molar-refractivity contribution is 0.0187. The zero-order chi connectivity index (χ0) is 12.7. The second-order valence-corrected chi connectivity index (χ2v) is 6.24. The van der Waals surface area contributed by atoms with Gasteiger partial charge in [0, 0.05) is 12.1 Å². The van der Waals surface area contributed by atoms with Crippen molar-refractivity contribution in [1.82, 2.24) is 10.2 Å². The zero-order valence-corrected chi connectivity index (χ0v) is 11.4. The van der Waals surface area contributed by atoms with Crippen LogP contribution in [0.2, 0.25) is 0 Å². The SMILES string of the molecule is CNC1(C2CCCN2C(=O)OC(C)(C)C)CC1. The Hall–Kier alpha value is -0.770. The fourth-order valence-electron chi connectivity index (χ4n) is 2.76. The van der Waals surface area contributed by atoms with Crippen molar-refractivity contribution < 1.29 is 9.53 Å². The molecule has 2 aliphatic rings. The topological polar surface area (TPSA) is 41.6 Å². The molecule has 0 aromatic heterocycles. The van der Waals surface area contributed by atoms with Crippen LogP contribution in [-0.2, 0) is 4.74 Å². The van der Waals surface area contributed by atoms with Gasteiger partial charge >= 0.3 is 6.09 Å². The van der Waals surface area contributed by atoms with E-state index in [1.54, 1.807) is 0 Å². The van der Waals surface area contributed by atoms with Crippen molar-refractivity contribution in [2.24, 2.45) is 0 Å². The van der Waals surface area contributed by atoms with Gasteiger partial charge in [-0.25, -0.2) is 4.79 Å². The minimum atomic E-state index is -0.402. The molecular weight excluding hydrogens is 216 g/mol. The lowest BCUT2D eigenvalue weighted by atomic mass is 10.0. The quantitative estimate of drug-likeness (QED) is 0.804. The van der Waals surface area contributed by atoms with Crippen LogP contribution in [0.5, 0.6) is 0 Å². The lowest BCUT2D eigenvalue weighted by Crippen LogP contribution is -2.51. The molecule has 2 rings (SSSR count). The van der Waals surface area contributed by atoms with Gasteiger partial charge in [0.25, 0.3) is 0 Å². The number of carbonyl (C=O) groups is 1. The number of hydrogen-bond donors (Lipinski definition) is 1. The Morgan fingerprint density at radius 2 is 2.06 bits per heavy atom. The van der Waals surface area contributed by atoms with Crippen molar-refractivity contribution in [3.05, 3.63) is 0 Å². The van der Waals surface area contributed by atoms with Gasteiger partial charge in [0.2, 0.25) is 0 Å². The number of hydrogen-bond acceptors (Lipinski definition) is 3. The minimum Gasteiger partial charge on any atom is -0.444 e. The van der Waals surface area contributed by atoms with Gasteiger partial charge in [-0.3, -0.25) is 0 Å². The molecule has 1 aliphatic heterocycles. The maximum atomic E-state index is 12.1. The Labute approximate surface area is 104 Å². The molecule has 2 fully saturated rings. The lowest BCUT2D eigenvalue weighted by Gasteiger charge is -2.33. The monoisotopic (exact) mass is 240 g/mol. The predicted octanol–water partition coefficient (Wildman–Crippen LogP) is 2.14. The van der Waals surface area contributed by atoms with Gasteiger partial charge in [0.15, 0.2) is 0 Å². The van der Waals surface area contributed by atoms with Gasteiger partial charge < -0.3 is 15.0 Å². The van der Waals surface area contributed by atoms with Crippen molar-refractivity contribution in [2.75, 3.05) is 13.6 Å². The average molecular weight is 240 g/mol. The highest BCUT2D eigenvalue weighted by molar-refractivity contribution is 5.69. The van der Waals surface area contributed by atoms with Gasteiger partial charge in [0.05, 0.1) is 6.04 Å². The smallest absolute Gasteiger partial charge is 0.410 e.